The molecule has 2 N–H and O–H groups in total. The second kappa shape index (κ2) is 7.38. The summed E-state index contributed by atoms with van der Waals surface area (Å²) < 4.78 is 1.94. The highest BCUT2D eigenvalue weighted by Crippen LogP contribution is 2.17. The van der Waals surface area contributed by atoms with Crippen molar-refractivity contribution in [1.29, 1.82) is 0 Å². The third-order valence-corrected chi connectivity index (χ3v) is 3.65. The van der Waals surface area contributed by atoms with E-state index in [9.17, 15) is 4.79 Å². The SMILES string of the molecule is CCN(CC)C(=O)CSc1nnc(C)n1CCN. The van der Waals surface area contributed by atoms with Crippen LogP contribution in [0.15, 0.2) is 5.16 Å². The van der Waals surface area contributed by atoms with Gasteiger partial charge in [0, 0.05) is 26.2 Å². The molecule has 0 aliphatic heterocycles. The first-order valence-electron chi connectivity index (χ1n) is 6.14. The Hall–Kier alpha value is -1.08. The van der Waals surface area contributed by atoms with E-state index in [4.69, 9.17) is 5.73 Å². The zero-order valence-corrected chi connectivity index (χ0v) is 12.0. The largest absolute Gasteiger partial charge is 0.343 e. The summed E-state index contributed by atoms with van der Waals surface area (Å²) in [4.78, 5) is 13.7. The molecule has 1 aromatic rings. The lowest BCUT2D eigenvalue weighted by atomic mass is 10.5. The van der Waals surface area contributed by atoms with Gasteiger partial charge in [0.05, 0.1) is 5.75 Å². The van der Waals surface area contributed by atoms with Gasteiger partial charge in [0.15, 0.2) is 5.16 Å². The Balaban J connectivity index is 2.60. The predicted molar refractivity (Wildman–Crippen MR) is 72.5 cm³/mol. The Labute approximate surface area is 112 Å². The van der Waals surface area contributed by atoms with Gasteiger partial charge >= 0.3 is 0 Å². The van der Waals surface area contributed by atoms with Crippen LogP contribution in [0.4, 0.5) is 0 Å². The molecule has 102 valence electrons. The summed E-state index contributed by atoms with van der Waals surface area (Å²) in [7, 11) is 0. The molecule has 0 saturated heterocycles. The van der Waals surface area contributed by atoms with Crippen LogP contribution in [0.3, 0.4) is 0 Å². The zero-order valence-electron chi connectivity index (χ0n) is 11.2. The number of thioether (sulfide) groups is 1. The molecule has 1 heterocycles. The number of aromatic nitrogens is 3. The van der Waals surface area contributed by atoms with Crippen LogP contribution in [-0.4, -0.2) is 51.0 Å². The van der Waals surface area contributed by atoms with Crippen molar-refractivity contribution >= 4 is 17.7 Å². The molecule has 0 fully saturated rings. The van der Waals surface area contributed by atoms with Gasteiger partial charge in [0.25, 0.3) is 0 Å². The van der Waals surface area contributed by atoms with Gasteiger partial charge in [-0.05, 0) is 20.8 Å². The maximum Gasteiger partial charge on any atom is 0.233 e. The van der Waals surface area contributed by atoms with E-state index >= 15 is 0 Å². The fraction of sp³-hybridized carbons (Fsp3) is 0.727. The molecule has 6 nitrogen and oxygen atoms in total. The van der Waals surface area contributed by atoms with E-state index in [1.165, 1.54) is 11.8 Å². The molecule has 0 aliphatic rings. The summed E-state index contributed by atoms with van der Waals surface area (Å²) in [6, 6.07) is 0. The van der Waals surface area contributed by atoms with Crippen LogP contribution in [0, 0.1) is 6.92 Å². The van der Waals surface area contributed by atoms with E-state index in [0.717, 1.165) is 24.1 Å². The summed E-state index contributed by atoms with van der Waals surface area (Å²) in [5.74, 6) is 1.35. The Kier molecular flexibility index (Phi) is 6.14. The van der Waals surface area contributed by atoms with Crippen LogP contribution < -0.4 is 5.73 Å². The molecular formula is C11H21N5OS. The van der Waals surface area contributed by atoms with E-state index in [2.05, 4.69) is 10.2 Å². The van der Waals surface area contributed by atoms with Gasteiger partial charge in [-0.2, -0.15) is 0 Å². The van der Waals surface area contributed by atoms with Crippen molar-refractivity contribution in [1.82, 2.24) is 19.7 Å². The summed E-state index contributed by atoms with van der Waals surface area (Å²) in [6.45, 7) is 8.55. The van der Waals surface area contributed by atoms with Gasteiger partial charge in [-0.25, -0.2) is 0 Å². The molecule has 18 heavy (non-hydrogen) atoms. The first-order chi connectivity index (χ1) is 8.63. The predicted octanol–water partition coefficient (Wildman–Crippen LogP) is 0.506. The van der Waals surface area contributed by atoms with Crippen LogP contribution >= 0.6 is 11.8 Å². The molecule has 1 amide bonds. The second-order valence-corrected chi connectivity index (χ2v) is 4.77. The lowest BCUT2D eigenvalue weighted by Gasteiger charge is -2.18. The van der Waals surface area contributed by atoms with Crippen molar-refractivity contribution in [2.45, 2.75) is 32.5 Å². The normalized spacial score (nSPS) is 10.7. The number of hydrogen-bond acceptors (Lipinski definition) is 5. The minimum atomic E-state index is 0.130. The van der Waals surface area contributed by atoms with Crippen LogP contribution in [0.1, 0.15) is 19.7 Å². The van der Waals surface area contributed by atoms with Crippen molar-refractivity contribution in [3.05, 3.63) is 5.82 Å². The third-order valence-electron chi connectivity index (χ3n) is 2.70. The molecule has 0 aromatic carbocycles. The molecule has 1 rings (SSSR count). The van der Waals surface area contributed by atoms with Crippen molar-refractivity contribution in [2.75, 3.05) is 25.4 Å². The van der Waals surface area contributed by atoms with Gasteiger partial charge in [0.2, 0.25) is 5.91 Å². The first kappa shape index (κ1) is 15.0. The fourth-order valence-corrected chi connectivity index (χ4v) is 2.56. The van der Waals surface area contributed by atoms with E-state index in [1.54, 1.807) is 0 Å². The molecule has 1 aromatic heterocycles. The number of hydrogen-bond donors (Lipinski definition) is 1. The maximum absolute atomic E-state index is 11.9. The van der Waals surface area contributed by atoms with Gasteiger partial charge in [-0.15, -0.1) is 10.2 Å². The lowest BCUT2D eigenvalue weighted by molar-refractivity contribution is -0.127. The Morgan fingerprint density at radius 3 is 2.61 bits per heavy atom. The average Bonchev–Trinajstić information content (AvgIpc) is 2.70. The summed E-state index contributed by atoms with van der Waals surface area (Å²) in [5, 5.41) is 8.84. The van der Waals surface area contributed by atoms with Crippen molar-refractivity contribution in [3.8, 4) is 0 Å². The molecule has 0 unspecified atom stereocenters. The highest BCUT2D eigenvalue weighted by atomic mass is 32.2. The highest BCUT2D eigenvalue weighted by Gasteiger charge is 2.14. The summed E-state index contributed by atoms with van der Waals surface area (Å²) >= 11 is 1.42. The number of aryl methyl sites for hydroxylation is 1. The third kappa shape index (κ3) is 3.71. The van der Waals surface area contributed by atoms with E-state index < -0.39 is 0 Å². The molecule has 0 radical (unpaired) electrons. The topological polar surface area (TPSA) is 77.0 Å². The van der Waals surface area contributed by atoms with Crippen molar-refractivity contribution in [3.63, 3.8) is 0 Å². The molecule has 0 aliphatic carbocycles. The van der Waals surface area contributed by atoms with E-state index in [-0.39, 0.29) is 5.91 Å². The minimum absolute atomic E-state index is 0.130. The Bertz CT molecular complexity index is 389. The smallest absolute Gasteiger partial charge is 0.233 e. The first-order valence-corrected chi connectivity index (χ1v) is 7.13. The number of nitrogens with two attached hydrogens (primary N) is 1. The lowest BCUT2D eigenvalue weighted by Crippen LogP contribution is -2.32. The highest BCUT2D eigenvalue weighted by molar-refractivity contribution is 7.99. The monoisotopic (exact) mass is 271 g/mol. The number of rotatable bonds is 7. The van der Waals surface area contributed by atoms with E-state index in [1.807, 2.05) is 30.2 Å². The molecule has 7 heteroatoms. The van der Waals surface area contributed by atoms with Gasteiger partial charge in [-0.1, -0.05) is 11.8 Å². The quantitative estimate of drug-likeness (QED) is 0.731. The van der Waals surface area contributed by atoms with Gasteiger partial charge in [-0.3, -0.25) is 4.79 Å². The van der Waals surface area contributed by atoms with Gasteiger partial charge in [0.1, 0.15) is 5.82 Å². The summed E-state index contributed by atoms with van der Waals surface area (Å²) in [6.07, 6.45) is 0. The van der Waals surface area contributed by atoms with Crippen LogP contribution in [-0.2, 0) is 11.3 Å². The van der Waals surface area contributed by atoms with Crippen molar-refractivity contribution < 1.29 is 4.79 Å². The molecule has 0 atom stereocenters. The standard InChI is InChI=1S/C11H21N5OS/c1-4-15(5-2)10(17)8-18-11-14-13-9(3)16(11)7-6-12/h4-8,12H2,1-3H3. The van der Waals surface area contributed by atoms with Crippen LogP contribution in [0.2, 0.25) is 0 Å². The Morgan fingerprint density at radius 2 is 2.06 bits per heavy atom. The summed E-state index contributed by atoms with van der Waals surface area (Å²) in [5.41, 5.74) is 5.54. The number of amides is 1. The second-order valence-electron chi connectivity index (χ2n) is 3.82. The zero-order chi connectivity index (χ0) is 13.5. The average molecular weight is 271 g/mol. The van der Waals surface area contributed by atoms with Crippen molar-refractivity contribution in [2.24, 2.45) is 5.73 Å². The molecule has 0 bridgehead atoms. The Morgan fingerprint density at radius 1 is 1.39 bits per heavy atom. The van der Waals surface area contributed by atoms with Crippen LogP contribution in [0.25, 0.3) is 0 Å². The van der Waals surface area contributed by atoms with Crippen LogP contribution in [0.5, 0.6) is 0 Å². The number of nitrogens with zero attached hydrogens (tertiary/aromatic N) is 4. The number of carbonyl (C=O) groups excluding carboxylic acids is 1. The molecular weight excluding hydrogens is 250 g/mol. The minimum Gasteiger partial charge on any atom is -0.343 e. The fourth-order valence-electron chi connectivity index (χ4n) is 1.65. The number of carbonyl (C=O) groups is 1. The van der Waals surface area contributed by atoms with Gasteiger partial charge < -0.3 is 15.2 Å². The molecule has 0 spiro atoms. The maximum atomic E-state index is 11.9. The molecule has 0 saturated carbocycles. The van der Waals surface area contributed by atoms with E-state index in [0.29, 0.717) is 18.8 Å².